The number of thiazole rings is 1. The molecule has 18 heavy (non-hydrogen) atoms. The Balaban J connectivity index is 2.46. The second-order valence-corrected chi connectivity index (χ2v) is 5.03. The molecule has 1 N–H and O–H groups in total. The van der Waals surface area contributed by atoms with Gasteiger partial charge in [-0.25, -0.2) is 4.99 Å². The predicted octanol–water partition coefficient (Wildman–Crippen LogP) is 2.25. The summed E-state index contributed by atoms with van der Waals surface area (Å²) in [6.45, 7) is 1.92. The Bertz CT molecular complexity index is 626. The second-order valence-electron chi connectivity index (χ2n) is 3.97. The Hall–Kier alpha value is -1.88. The maximum absolute atomic E-state index is 10.8. The number of aromatic nitrogens is 1. The largest absolute Gasteiger partial charge is 0.481 e. The van der Waals surface area contributed by atoms with E-state index in [9.17, 15) is 4.79 Å². The highest BCUT2D eigenvalue weighted by atomic mass is 32.1. The zero-order valence-electron chi connectivity index (χ0n) is 10.3. The van der Waals surface area contributed by atoms with Crippen molar-refractivity contribution in [2.75, 3.05) is 0 Å². The highest BCUT2D eigenvalue weighted by Crippen LogP contribution is 2.14. The summed E-state index contributed by atoms with van der Waals surface area (Å²) in [5, 5.41) is 8.85. The van der Waals surface area contributed by atoms with E-state index in [2.05, 4.69) is 4.99 Å². The van der Waals surface area contributed by atoms with E-state index in [0.717, 1.165) is 21.1 Å². The van der Waals surface area contributed by atoms with Crippen molar-refractivity contribution in [3.63, 3.8) is 0 Å². The summed E-state index contributed by atoms with van der Waals surface area (Å²) >= 11 is 1.42. The first-order chi connectivity index (χ1) is 8.58. The van der Waals surface area contributed by atoms with Crippen molar-refractivity contribution in [2.45, 2.75) is 13.3 Å². The summed E-state index contributed by atoms with van der Waals surface area (Å²) in [6.07, 6.45) is 0.0502. The van der Waals surface area contributed by atoms with Crippen LogP contribution >= 0.6 is 11.3 Å². The first kappa shape index (κ1) is 12.6. The smallest absolute Gasteiger partial charge is 0.308 e. The van der Waals surface area contributed by atoms with Gasteiger partial charge in [-0.05, 0) is 19.1 Å². The SMILES string of the molecule is Cc1c(CC(=O)O)s/c(=N/c2ccccc2)n1C. The molecule has 0 bridgehead atoms. The van der Waals surface area contributed by atoms with Gasteiger partial charge in [0, 0.05) is 17.6 Å². The lowest BCUT2D eigenvalue weighted by Gasteiger charge is -1.97. The van der Waals surface area contributed by atoms with Crippen LogP contribution in [0.3, 0.4) is 0 Å². The first-order valence-electron chi connectivity index (χ1n) is 5.55. The number of para-hydroxylation sites is 1. The number of hydrogen-bond donors (Lipinski definition) is 1. The van der Waals surface area contributed by atoms with E-state index >= 15 is 0 Å². The lowest BCUT2D eigenvalue weighted by atomic mass is 10.3. The topological polar surface area (TPSA) is 54.6 Å². The summed E-state index contributed by atoms with van der Waals surface area (Å²) in [4.78, 5) is 16.9. The maximum atomic E-state index is 10.8. The molecule has 0 aliphatic heterocycles. The molecule has 0 amide bonds. The van der Waals surface area contributed by atoms with Crippen molar-refractivity contribution in [3.05, 3.63) is 45.7 Å². The van der Waals surface area contributed by atoms with Gasteiger partial charge in [0.15, 0.2) is 4.80 Å². The van der Waals surface area contributed by atoms with Crippen molar-refractivity contribution < 1.29 is 9.90 Å². The van der Waals surface area contributed by atoms with Crippen LogP contribution in [0.1, 0.15) is 10.6 Å². The monoisotopic (exact) mass is 262 g/mol. The zero-order chi connectivity index (χ0) is 13.1. The van der Waals surface area contributed by atoms with Crippen molar-refractivity contribution in [1.29, 1.82) is 0 Å². The van der Waals surface area contributed by atoms with Gasteiger partial charge < -0.3 is 9.67 Å². The van der Waals surface area contributed by atoms with E-state index in [-0.39, 0.29) is 6.42 Å². The molecule has 94 valence electrons. The Morgan fingerprint density at radius 3 is 2.67 bits per heavy atom. The van der Waals surface area contributed by atoms with Gasteiger partial charge in [-0.2, -0.15) is 0 Å². The number of rotatable bonds is 3. The number of carboxylic acids is 1. The fourth-order valence-electron chi connectivity index (χ4n) is 1.60. The normalized spacial score (nSPS) is 11.8. The van der Waals surface area contributed by atoms with Gasteiger partial charge in [-0.1, -0.05) is 18.2 Å². The van der Waals surface area contributed by atoms with Crippen molar-refractivity contribution >= 4 is 23.0 Å². The Morgan fingerprint density at radius 1 is 1.39 bits per heavy atom. The quantitative estimate of drug-likeness (QED) is 0.922. The molecule has 0 fully saturated rings. The third-order valence-electron chi connectivity index (χ3n) is 2.70. The van der Waals surface area contributed by atoms with Gasteiger partial charge in [-0.15, -0.1) is 11.3 Å². The van der Waals surface area contributed by atoms with Crippen molar-refractivity contribution in [3.8, 4) is 0 Å². The van der Waals surface area contributed by atoms with E-state index in [1.54, 1.807) is 0 Å². The molecule has 1 aromatic heterocycles. The highest BCUT2D eigenvalue weighted by molar-refractivity contribution is 7.09. The van der Waals surface area contributed by atoms with Gasteiger partial charge >= 0.3 is 5.97 Å². The average molecular weight is 262 g/mol. The Kier molecular flexibility index (Phi) is 3.62. The molecule has 0 spiro atoms. The minimum Gasteiger partial charge on any atom is -0.481 e. The van der Waals surface area contributed by atoms with Crippen LogP contribution in [0.25, 0.3) is 0 Å². The van der Waals surface area contributed by atoms with Gasteiger partial charge in [0.25, 0.3) is 0 Å². The molecule has 0 saturated heterocycles. The van der Waals surface area contributed by atoms with Gasteiger partial charge in [0.2, 0.25) is 0 Å². The van der Waals surface area contributed by atoms with Crippen LogP contribution in [-0.2, 0) is 18.3 Å². The fraction of sp³-hybridized carbons (Fsp3) is 0.231. The van der Waals surface area contributed by atoms with Crippen molar-refractivity contribution in [2.24, 2.45) is 12.0 Å². The van der Waals surface area contributed by atoms with Crippen LogP contribution in [0.15, 0.2) is 35.3 Å². The van der Waals surface area contributed by atoms with Gasteiger partial charge in [-0.3, -0.25) is 4.79 Å². The minimum atomic E-state index is -0.814. The number of carboxylic acid groups (broad SMARTS) is 1. The third kappa shape index (κ3) is 2.68. The highest BCUT2D eigenvalue weighted by Gasteiger charge is 2.10. The maximum Gasteiger partial charge on any atom is 0.308 e. The van der Waals surface area contributed by atoms with E-state index in [1.807, 2.05) is 48.9 Å². The number of carbonyl (C=O) groups is 1. The summed E-state index contributed by atoms with van der Waals surface area (Å²) in [6, 6.07) is 9.64. The summed E-state index contributed by atoms with van der Waals surface area (Å²) in [5.74, 6) is -0.814. The van der Waals surface area contributed by atoms with Crippen LogP contribution < -0.4 is 4.80 Å². The van der Waals surface area contributed by atoms with Crippen LogP contribution in [0.2, 0.25) is 0 Å². The number of hydrogen-bond acceptors (Lipinski definition) is 3. The second kappa shape index (κ2) is 5.18. The third-order valence-corrected chi connectivity index (χ3v) is 3.93. The van der Waals surface area contributed by atoms with Gasteiger partial charge in [0.05, 0.1) is 12.1 Å². The average Bonchev–Trinajstić information content (AvgIpc) is 2.58. The molecule has 0 unspecified atom stereocenters. The molecule has 0 aliphatic rings. The molecule has 1 heterocycles. The summed E-state index contributed by atoms with van der Waals surface area (Å²) in [5.41, 5.74) is 1.83. The molecule has 0 radical (unpaired) electrons. The van der Waals surface area contributed by atoms with E-state index in [4.69, 9.17) is 5.11 Å². The molecule has 0 atom stereocenters. The van der Waals surface area contributed by atoms with E-state index in [0.29, 0.717) is 0 Å². The standard InChI is InChI=1S/C13H14N2O2S/c1-9-11(8-12(16)17)18-13(15(9)2)14-10-6-4-3-5-7-10/h3-7H,8H2,1-2H3,(H,16,17)/b14-13+. The fourth-order valence-corrected chi connectivity index (χ4v) is 2.72. The predicted molar refractivity (Wildman–Crippen MR) is 71.0 cm³/mol. The van der Waals surface area contributed by atoms with E-state index < -0.39 is 5.97 Å². The number of nitrogens with zero attached hydrogens (tertiary/aromatic N) is 2. The van der Waals surface area contributed by atoms with Crippen LogP contribution in [0.4, 0.5) is 5.69 Å². The lowest BCUT2D eigenvalue weighted by Crippen LogP contribution is -2.11. The Morgan fingerprint density at radius 2 is 2.06 bits per heavy atom. The zero-order valence-corrected chi connectivity index (χ0v) is 11.1. The molecule has 2 rings (SSSR count). The van der Waals surface area contributed by atoms with Crippen LogP contribution in [0, 0.1) is 6.92 Å². The lowest BCUT2D eigenvalue weighted by molar-refractivity contribution is -0.136. The molecule has 0 aliphatic carbocycles. The molecule has 4 nitrogen and oxygen atoms in total. The van der Waals surface area contributed by atoms with Crippen LogP contribution in [-0.4, -0.2) is 15.6 Å². The summed E-state index contributed by atoms with van der Waals surface area (Å²) < 4.78 is 1.93. The molecule has 2 aromatic rings. The van der Waals surface area contributed by atoms with Crippen molar-refractivity contribution in [1.82, 2.24) is 4.57 Å². The first-order valence-corrected chi connectivity index (χ1v) is 6.36. The molecule has 1 aromatic carbocycles. The van der Waals surface area contributed by atoms with Crippen LogP contribution in [0.5, 0.6) is 0 Å². The molecule has 5 heteroatoms. The Labute approximate surface area is 109 Å². The molecular formula is C13H14N2O2S. The number of aliphatic carboxylic acids is 1. The van der Waals surface area contributed by atoms with Gasteiger partial charge in [0.1, 0.15) is 0 Å². The van der Waals surface area contributed by atoms with E-state index in [1.165, 1.54) is 11.3 Å². The summed E-state index contributed by atoms with van der Waals surface area (Å²) in [7, 11) is 1.90. The molecular weight excluding hydrogens is 248 g/mol. The number of benzene rings is 1. The minimum absolute atomic E-state index is 0.0502. The molecule has 0 saturated carbocycles.